The summed E-state index contributed by atoms with van der Waals surface area (Å²) in [7, 11) is 0. The van der Waals surface area contributed by atoms with E-state index in [1.54, 1.807) is 23.1 Å². The van der Waals surface area contributed by atoms with Crippen LogP contribution >= 0.6 is 0 Å². The van der Waals surface area contributed by atoms with Gasteiger partial charge in [-0.15, -0.1) is 0 Å². The van der Waals surface area contributed by atoms with Crippen LogP contribution in [0.3, 0.4) is 0 Å². The van der Waals surface area contributed by atoms with E-state index in [4.69, 9.17) is 9.47 Å². The van der Waals surface area contributed by atoms with Gasteiger partial charge >= 0.3 is 6.09 Å². The molecule has 1 heterocycles. The Labute approximate surface area is 182 Å². The van der Waals surface area contributed by atoms with Crippen molar-refractivity contribution in [3.63, 3.8) is 0 Å². The number of hydrogen-bond donors (Lipinski definition) is 1. The predicted molar refractivity (Wildman–Crippen MR) is 118 cm³/mol. The average Bonchev–Trinajstić information content (AvgIpc) is 2.72. The first kappa shape index (κ1) is 22.4. The molecule has 0 atom stereocenters. The Bertz CT molecular complexity index is 900. The van der Waals surface area contributed by atoms with Crippen LogP contribution in [0.5, 0.6) is 5.75 Å². The highest BCUT2D eigenvalue weighted by atomic mass is 16.6. The van der Waals surface area contributed by atoms with Gasteiger partial charge in [-0.1, -0.05) is 18.2 Å². The van der Waals surface area contributed by atoms with E-state index >= 15 is 0 Å². The van der Waals surface area contributed by atoms with Crippen molar-refractivity contribution in [1.82, 2.24) is 4.90 Å². The number of para-hydroxylation sites is 1. The van der Waals surface area contributed by atoms with E-state index in [9.17, 15) is 14.9 Å². The number of rotatable bonds is 6. The Morgan fingerprint density at radius 3 is 2.39 bits per heavy atom. The summed E-state index contributed by atoms with van der Waals surface area (Å²) in [6.07, 6.45) is 1.26. The minimum atomic E-state index is -0.494. The highest BCUT2D eigenvalue weighted by Gasteiger charge is 2.27. The average molecular weight is 428 g/mol. The molecule has 166 valence electrons. The maximum Gasteiger partial charge on any atom is 0.410 e. The molecule has 1 N–H and O–H groups in total. The number of hydrogen-bond acceptors (Lipinski definition) is 6. The number of anilines is 1. The molecule has 0 radical (unpaired) electrons. The molecule has 0 spiro atoms. The van der Waals surface area contributed by atoms with Crippen LogP contribution < -0.4 is 10.1 Å². The second kappa shape index (κ2) is 9.68. The summed E-state index contributed by atoms with van der Waals surface area (Å²) in [4.78, 5) is 24.6. The number of nitrogens with one attached hydrogen (secondary N) is 1. The first-order chi connectivity index (χ1) is 14.7. The highest BCUT2D eigenvalue weighted by molar-refractivity contribution is 5.68. The van der Waals surface area contributed by atoms with Crippen molar-refractivity contribution in [2.75, 3.05) is 18.4 Å². The zero-order chi connectivity index (χ0) is 22.4. The van der Waals surface area contributed by atoms with Crippen molar-refractivity contribution >= 4 is 17.5 Å². The SMILES string of the molecule is CC(C)(C)OC(=O)N1CCC(Oc2ccc(NCc3ccccc3[N+](=O)[O-])cc2)CC1. The van der Waals surface area contributed by atoms with Crippen molar-refractivity contribution in [2.45, 2.75) is 51.9 Å². The Kier molecular flexibility index (Phi) is 6.99. The lowest BCUT2D eigenvalue weighted by molar-refractivity contribution is -0.385. The summed E-state index contributed by atoms with van der Waals surface area (Å²) in [6, 6.07) is 14.2. The molecule has 1 saturated heterocycles. The van der Waals surface area contributed by atoms with Crippen LogP contribution in [0.2, 0.25) is 0 Å². The van der Waals surface area contributed by atoms with E-state index in [-0.39, 0.29) is 22.8 Å². The topological polar surface area (TPSA) is 93.9 Å². The van der Waals surface area contributed by atoms with Gasteiger partial charge in [0, 0.05) is 49.8 Å². The number of ether oxygens (including phenoxy) is 2. The summed E-state index contributed by atoms with van der Waals surface area (Å²) in [6.45, 7) is 7.16. The van der Waals surface area contributed by atoms with Crippen LogP contribution in [0.1, 0.15) is 39.2 Å². The molecule has 0 bridgehead atoms. The fourth-order valence-electron chi connectivity index (χ4n) is 3.36. The molecule has 0 saturated carbocycles. The van der Waals surface area contributed by atoms with Crippen LogP contribution in [-0.2, 0) is 11.3 Å². The van der Waals surface area contributed by atoms with Gasteiger partial charge in [-0.2, -0.15) is 0 Å². The van der Waals surface area contributed by atoms with Gasteiger partial charge in [-0.05, 0) is 45.0 Å². The van der Waals surface area contributed by atoms with Crippen LogP contribution in [0.25, 0.3) is 0 Å². The van der Waals surface area contributed by atoms with Crippen molar-refractivity contribution in [1.29, 1.82) is 0 Å². The summed E-state index contributed by atoms with van der Waals surface area (Å²) in [5.74, 6) is 0.756. The molecule has 0 unspecified atom stereocenters. The largest absolute Gasteiger partial charge is 0.490 e. The van der Waals surface area contributed by atoms with Crippen molar-refractivity contribution in [3.05, 3.63) is 64.2 Å². The first-order valence-corrected chi connectivity index (χ1v) is 10.4. The quantitative estimate of drug-likeness (QED) is 0.516. The standard InChI is InChI=1S/C23H29N3O5/c1-23(2,3)31-22(27)25-14-12-20(13-15-25)30-19-10-8-18(9-11-19)24-16-17-6-4-5-7-21(17)26(28)29/h4-11,20,24H,12-16H2,1-3H3. The van der Waals surface area contributed by atoms with E-state index in [0.29, 0.717) is 25.2 Å². The van der Waals surface area contributed by atoms with Gasteiger partial charge in [0.15, 0.2) is 0 Å². The van der Waals surface area contributed by atoms with Gasteiger partial charge in [-0.25, -0.2) is 4.79 Å². The maximum absolute atomic E-state index is 12.2. The molecule has 2 aromatic rings. The van der Waals surface area contributed by atoms with Gasteiger partial charge < -0.3 is 19.7 Å². The minimum absolute atomic E-state index is 0.0458. The Morgan fingerprint density at radius 2 is 1.77 bits per heavy atom. The number of amides is 1. The summed E-state index contributed by atoms with van der Waals surface area (Å²) < 4.78 is 11.5. The lowest BCUT2D eigenvalue weighted by Crippen LogP contribution is -2.44. The normalized spacial score (nSPS) is 14.7. The number of nitrogens with zero attached hydrogens (tertiary/aromatic N) is 2. The summed E-state index contributed by atoms with van der Waals surface area (Å²) in [5.41, 5.74) is 1.09. The Morgan fingerprint density at radius 1 is 1.13 bits per heavy atom. The molecule has 0 aliphatic carbocycles. The second-order valence-corrected chi connectivity index (χ2v) is 8.55. The van der Waals surface area contributed by atoms with Gasteiger partial charge in [0.05, 0.1) is 4.92 Å². The first-order valence-electron chi connectivity index (χ1n) is 10.4. The minimum Gasteiger partial charge on any atom is -0.490 e. The molecule has 1 aliphatic heterocycles. The van der Waals surface area contributed by atoms with Crippen LogP contribution in [-0.4, -0.2) is 40.7 Å². The molecule has 3 rings (SSSR count). The lowest BCUT2D eigenvalue weighted by Gasteiger charge is -2.33. The van der Waals surface area contributed by atoms with E-state index in [0.717, 1.165) is 24.3 Å². The van der Waals surface area contributed by atoms with Gasteiger partial charge in [0.25, 0.3) is 5.69 Å². The van der Waals surface area contributed by atoms with E-state index < -0.39 is 5.60 Å². The molecular formula is C23H29N3O5. The number of carbonyl (C=O) groups is 1. The van der Waals surface area contributed by atoms with Crippen molar-refractivity contribution in [3.8, 4) is 5.75 Å². The third kappa shape index (κ3) is 6.60. The van der Waals surface area contributed by atoms with E-state index in [1.165, 1.54) is 6.07 Å². The van der Waals surface area contributed by atoms with Gasteiger partial charge in [0.2, 0.25) is 0 Å². The highest BCUT2D eigenvalue weighted by Crippen LogP contribution is 2.23. The maximum atomic E-state index is 12.2. The number of likely N-dealkylation sites (tertiary alicyclic amines) is 1. The predicted octanol–water partition coefficient (Wildman–Crippen LogP) is 4.99. The molecule has 1 aliphatic rings. The van der Waals surface area contributed by atoms with E-state index in [1.807, 2.05) is 45.0 Å². The summed E-state index contributed by atoms with van der Waals surface area (Å²) in [5, 5.41) is 14.3. The zero-order valence-electron chi connectivity index (χ0n) is 18.2. The van der Waals surface area contributed by atoms with Crippen molar-refractivity contribution < 1.29 is 19.2 Å². The smallest absolute Gasteiger partial charge is 0.410 e. The number of benzene rings is 2. The number of carbonyl (C=O) groups excluding carboxylic acids is 1. The molecule has 8 heteroatoms. The third-order valence-electron chi connectivity index (χ3n) is 4.92. The van der Waals surface area contributed by atoms with Crippen LogP contribution in [0.15, 0.2) is 48.5 Å². The zero-order valence-corrected chi connectivity index (χ0v) is 18.2. The monoisotopic (exact) mass is 427 g/mol. The number of nitro groups is 1. The fourth-order valence-corrected chi connectivity index (χ4v) is 3.36. The Hall–Kier alpha value is -3.29. The Balaban J connectivity index is 1.47. The molecule has 31 heavy (non-hydrogen) atoms. The molecule has 0 aromatic heterocycles. The van der Waals surface area contributed by atoms with Crippen LogP contribution in [0, 0.1) is 10.1 Å². The number of piperidine rings is 1. The second-order valence-electron chi connectivity index (χ2n) is 8.55. The van der Waals surface area contributed by atoms with Gasteiger partial charge in [0.1, 0.15) is 17.5 Å². The molecule has 2 aromatic carbocycles. The third-order valence-corrected chi connectivity index (χ3v) is 4.92. The lowest BCUT2D eigenvalue weighted by atomic mass is 10.1. The van der Waals surface area contributed by atoms with Crippen molar-refractivity contribution in [2.24, 2.45) is 0 Å². The summed E-state index contributed by atoms with van der Waals surface area (Å²) >= 11 is 0. The van der Waals surface area contributed by atoms with Gasteiger partial charge in [-0.3, -0.25) is 10.1 Å². The molecular weight excluding hydrogens is 398 g/mol. The molecule has 8 nitrogen and oxygen atoms in total. The molecule has 1 amide bonds. The van der Waals surface area contributed by atoms with E-state index in [2.05, 4.69) is 5.32 Å². The number of nitro benzene ring substituents is 1. The fraction of sp³-hybridized carbons (Fsp3) is 0.435. The molecule has 1 fully saturated rings. The van der Waals surface area contributed by atoms with Crippen LogP contribution in [0.4, 0.5) is 16.2 Å².